The van der Waals surface area contributed by atoms with Crippen LogP contribution in [0.25, 0.3) is 0 Å². The van der Waals surface area contributed by atoms with Crippen LogP contribution in [0.15, 0.2) is 0 Å². The summed E-state index contributed by atoms with van der Waals surface area (Å²) in [5.41, 5.74) is -1.48. The van der Waals surface area contributed by atoms with Crippen molar-refractivity contribution < 1.29 is 25.2 Å². The summed E-state index contributed by atoms with van der Waals surface area (Å²) in [6, 6.07) is 0. The van der Waals surface area contributed by atoms with Gasteiger partial charge in [0.2, 0.25) is 0 Å². The van der Waals surface area contributed by atoms with Crippen molar-refractivity contribution in [1.82, 2.24) is 0 Å². The van der Waals surface area contributed by atoms with E-state index in [1.54, 1.807) is 6.92 Å². The smallest absolute Gasteiger partial charge is 0.157 e. The second-order valence-electron chi connectivity index (χ2n) is 4.03. The van der Waals surface area contributed by atoms with Crippen molar-refractivity contribution in [3.63, 3.8) is 0 Å². The van der Waals surface area contributed by atoms with Crippen LogP contribution < -0.4 is 0 Å². The van der Waals surface area contributed by atoms with Gasteiger partial charge in [-0.3, -0.25) is 0 Å². The summed E-state index contributed by atoms with van der Waals surface area (Å²) in [6.07, 6.45) is -3.55. The first-order valence-electron chi connectivity index (χ1n) is 4.78. The molecule has 1 heterocycles. The number of aliphatic hydroxyl groups is 4. The first kappa shape index (κ1) is 11.9. The number of hydrogen-bond acceptors (Lipinski definition) is 5. The molecule has 0 radical (unpaired) electrons. The molecule has 5 nitrogen and oxygen atoms in total. The normalized spacial score (nSPS) is 46.3. The van der Waals surface area contributed by atoms with E-state index in [9.17, 15) is 15.3 Å². The van der Waals surface area contributed by atoms with Crippen LogP contribution in [0, 0.1) is 0 Å². The molecule has 1 fully saturated rings. The summed E-state index contributed by atoms with van der Waals surface area (Å²) < 4.78 is 5.01. The predicted molar refractivity (Wildman–Crippen MR) is 48.4 cm³/mol. The van der Waals surface area contributed by atoms with E-state index in [1.165, 1.54) is 6.92 Å². The second kappa shape index (κ2) is 4.12. The standard InChI is InChI=1S/C9H18O5/c1-5(10)4-9(13)6(2)14-8(12)3-7(9)11/h5-8,10-13H,3-4H2,1-2H3/t5-,6-,7+,8+,9+/m0/s1. The van der Waals surface area contributed by atoms with E-state index in [2.05, 4.69) is 0 Å². The maximum Gasteiger partial charge on any atom is 0.157 e. The van der Waals surface area contributed by atoms with Crippen molar-refractivity contribution in [2.24, 2.45) is 0 Å². The zero-order chi connectivity index (χ0) is 10.9. The van der Waals surface area contributed by atoms with E-state index < -0.39 is 30.2 Å². The highest BCUT2D eigenvalue weighted by Crippen LogP contribution is 2.32. The molecule has 0 amide bonds. The van der Waals surface area contributed by atoms with Crippen molar-refractivity contribution in [2.75, 3.05) is 0 Å². The molecule has 0 aromatic heterocycles. The minimum Gasteiger partial charge on any atom is -0.393 e. The van der Waals surface area contributed by atoms with Crippen LogP contribution in [0.4, 0.5) is 0 Å². The van der Waals surface area contributed by atoms with Crippen LogP contribution in [0.3, 0.4) is 0 Å². The third-order valence-corrected chi connectivity index (χ3v) is 2.69. The predicted octanol–water partition coefficient (Wildman–Crippen LogP) is -1.02. The third kappa shape index (κ3) is 2.24. The summed E-state index contributed by atoms with van der Waals surface area (Å²) in [4.78, 5) is 0. The van der Waals surface area contributed by atoms with Crippen molar-refractivity contribution in [3.8, 4) is 0 Å². The highest BCUT2D eigenvalue weighted by molar-refractivity contribution is 4.96. The van der Waals surface area contributed by atoms with E-state index in [1.807, 2.05) is 0 Å². The van der Waals surface area contributed by atoms with Gasteiger partial charge in [-0.25, -0.2) is 0 Å². The molecule has 1 saturated heterocycles. The van der Waals surface area contributed by atoms with Crippen LogP contribution in [0.2, 0.25) is 0 Å². The Hall–Kier alpha value is -0.200. The quantitative estimate of drug-likeness (QED) is 0.464. The molecule has 1 rings (SSSR count). The molecule has 4 N–H and O–H groups in total. The van der Waals surface area contributed by atoms with Gasteiger partial charge in [0.1, 0.15) is 5.60 Å². The minimum absolute atomic E-state index is 0.0298. The average molecular weight is 206 g/mol. The zero-order valence-corrected chi connectivity index (χ0v) is 8.42. The first-order chi connectivity index (χ1) is 6.36. The van der Waals surface area contributed by atoms with Crippen LogP contribution in [-0.2, 0) is 4.74 Å². The van der Waals surface area contributed by atoms with Gasteiger partial charge < -0.3 is 25.2 Å². The molecular weight excluding hydrogens is 188 g/mol. The zero-order valence-electron chi connectivity index (χ0n) is 8.42. The van der Waals surface area contributed by atoms with Gasteiger partial charge in [-0.05, 0) is 13.8 Å². The van der Waals surface area contributed by atoms with Crippen molar-refractivity contribution in [2.45, 2.75) is 56.9 Å². The third-order valence-electron chi connectivity index (χ3n) is 2.69. The molecule has 0 saturated carbocycles. The Morgan fingerprint density at radius 3 is 2.50 bits per heavy atom. The lowest BCUT2D eigenvalue weighted by atomic mass is 9.82. The fourth-order valence-electron chi connectivity index (χ4n) is 1.85. The Balaban J connectivity index is 2.73. The van der Waals surface area contributed by atoms with Crippen molar-refractivity contribution in [1.29, 1.82) is 0 Å². The number of rotatable bonds is 2. The largest absolute Gasteiger partial charge is 0.393 e. The van der Waals surface area contributed by atoms with E-state index in [0.29, 0.717) is 0 Å². The average Bonchev–Trinajstić information content (AvgIpc) is 1.99. The molecule has 0 aromatic carbocycles. The molecule has 0 unspecified atom stereocenters. The van der Waals surface area contributed by atoms with Crippen LogP contribution >= 0.6 is 0 Å². The summed E-state index contributed by atoms with van der Waals surface area (Å²) in [5.74, 6) is 0. The van der Waals surface area contributed by atoms with Crippen LogP contribution in [0.5, 0.6) is 0 Å². The lowest BCUT2D eigenvalue weighted by Crippen LogP contribution is -2.59. The minimum atomic E-state index is -1.48. The molecule has 14 heavy (non-hydrogen) atoms. The molecule has 5 heteroatoms. The van der Waals surface area contributed by atoms with E-state index in [4.69, 9.17) is 9.84 Å². The van der Waals surface area contributed by atoms with E-state index in [0.717, 1.165) is 0 Å². The summed E-state index contributed by atoms with van der Waals surface area (Å²) in [5, 5.41) is 38.0. The van der Waals surface area contributed by atoms with Gasteiger partial charge in [0.05, 0.1) is 18.3 Å². The fraction of sp³-hybridized carbons (Fsp3) is 1.00. The molecule has 84 valence electrons. The Morgan fingerprint density at radius 1 is 1.50 bits per heavy atom. The highest BCUT2D eigenvalue weighted by Gasteiger charge is 2.47. The summed E-state index contributed by atoms with van der Waals surface area (Å²) in [6.45, 7) is 3.09. The monoisotopic (exact) mass is 206 g/mol. The fourth-order valence-corrected chi connectivity index (χ4v) is 1.85. The van der Waals surface area contributed by atoms with Gasteiger partial charge in [0, 0.05) is 12.8 Å². The maximum atomic E-state index is 10.1. The van der Waals surface area contributed by atoms with Crippen LogP contribution in [0.1, 0.15) is 26.7 Å². The van der Waals surface area contributed by atoms with Gasteiger partial charge in [-0.15, -0.1) is 0 Å². The van der Waals surface area contributed by atoms with E-state index in [-0.39, 0.29) is 12.8 Å². The lowest BCUT2D eigenvalue weighted by molar-refractivity contribution is -0.274. The van der Waals surface area contributed by atoms with Gasteiger partial charge in [-0.1, -0.05) is 0 Å². The summed E-state index contributed by atoms with van der Waals surface area (Å²) in [7, 11) is 0. The topological polar surface area (TPSA) is 90.2 Å². The molecule has 1 aliphatic heterocycles. The summed E-state index contributed by atoms with van der Waals surface area (Å²) >= 11 is 0. The highest BCUT2D eigenvalue weighted by atomic mass is 16.6. The van der Waals surface area contributed by atoms with Gasteiger partial charge in [0.25, 0.3) is 0 Å². The number of hydrogen-bond donors (Lipinski definition) is 4. The van der Waals surface area contributed by atoms with Crippen molar-refractivity contribution >= 4 is 0 Å². The molecule has 0 aliphatic carbocycles. The molecule has 0 bridgehead atoms. The molecular formula is C9H18O5. The Kier molecular flexibility index (Phi) is 3.49. The van der Waals surface area contributed by atoms with Gasteiger partial charge in [0.15, 0.2) is 6.29 Å². The molecule has 0 aromatic rings. The first-order valence-corrected chi connectivity index (χ1v) is 4.78. The lowest BCUT2D eigenvalue weighted by Gasteiger charge is -2.44. The number of ether oxygens (including phenoxy) is 1. The SMILES string of the molecule is C[C@H](O)C[C@]1(O)[C@H](O)C[C@H](O)O[C@H]1C. The van der Waals surface area contributed by atoms with Gasteiger partial charge in [-0.2, -0.15) is 0 Å². The molecule has 5 atom stereocenters. The molecule has 1 aliphatic rings. The van der Waals surface area contributed by atoms with Crippen molar-refractivity contribution in [3.05, 3.63) is 0 Å². The second-order valence-corrected chi connectivity index (χ2v) is 4.03. The molecule has 0 spiro atoms. The van der Waals surface area contributed by atoms with Gasteiger partial charge >= 0.3 is 0 Å². The maximum absolute atomic E-state index is 10.1. The van der Waals surface area contributed by atoms with Crippen LogP contribution in [-0.4, -0.2) is 50.6 Å². The Labute approximate surface area is 82.9 Å². The van der Waals surface area contributed by atoms with E-state index >= 15 is 0 Å². The Bertz CT molecular complexity index is 182. The Morgan fingerprint density at radius 2 is 2.07 bits per heavy atom. The number of aliphatic hydroxyl groups excluding tert-OH is 3.